The minimum atomic E-state index is -0.698. The minimum absolute atomic E-state index is 0.138. The van der Waals surface area contributed by atoms with Crippen LogP contribution in [0.15, 0.2) is 41.1 Å². The van der Waals surface area contributed by atoms with Gasteiger partial charge < -0.3 is 9.84 Å². The number of pyridine rings is 2. The molecule has 0 aliphatic rings. The third-order valence-corrected chi connectivity index (χ3v) is 4.56. The highest BCUT2D eigenvalue weighted by Crippen LogP contribution is 2.34. The van der Waals surface area contributed by atoms with Crippen LogP contribution in [-0.4, -0.2) is 28.2 Å². The number of rotatable bonds is 4. The summed E-state index contributed by atoms with van der Waals surface area (Å²) in [6, 6.07) is 10.1. The molecule has 0 saturated carbocycles. The number of esters is 1. The maximum absolute atomic E-state index is 11.7. The molecule has 3 rings (SSSR count). The number of methoxy groups -OCH3 is 1. The Kier molecular flexibility index (Phi) is 7.30. The van der Waals surface area contributed by atoms with Crippen LogP contribution in [0.25, 0.3) is 22.0 Å². The van der Waals surface area contributed by atoms with E-state index in [0.29, 0.717) is 15.4 Å². The molecule has 27 heavy (non-hydrogen) atoms. The smallest absolute Gasteiger partial charge is 0.360 e. The first-order valence-electron chi connectivity index (χ1n) is 8.91. The number of carbonyl (C=O) groups is 1. The first-order valence-corrected chi connectivity index (χ1v) is 9.70. The summed E-state index contributed by atoms with van der Waals surface area (Å²) in [5, 5.41) is 11.4. The van der Waals surface area contributed by atoms with E-state index in [-0.39, 0.29) is 11.4 Å². The molecule has 3 aromatic rings. The Morgan fingerprint density at radius 1 is 1.22 bits per heavy atom. The number of hydrogen-bond acceptors (Lipinski definition) is 5. The number of hydrogen-bond donors (Lipinski definition) is 1. The standard InChI is InChI=1S/C19H17BrN2O3.C2H6/c1-3-5-11-6-4-7-12(8-11)15-9-13-14(10-21-15)17(23)16(19(24)25-2)22-18(13)20;1-2/h4,6-10,23H,3,5H2,1-2H3;1-2H3. The van der Waals surface area contributed by atoms with Crippen molar-refractivity contribution < 1.29 is 14.6 Å². The summed E-state index contributed by atoms with van der Waals surface area (Å²) in [7, 11) is 1.24. The van der Waals surface area contributed by atoms with Gasteiger partial charge in [-0.2, -0.15) is 0 Å². The number of nitrogens with zero attached hydrogens (tertiary/aromatic N) is 2. The van der Waals surface area contributed by atoms with Gasteiger partial charge in [-0.1, -0.05) is 45.4 Å². The lowest BCUT2D eigenvalue weighted by Crippen LogP contribution is -2.05. The van der Waals surface area contributed by atoms with Crippen molar-refractivity contribution in [1.29, 1.82) is 0 Å². The van der Waals surface area contributed by atoms with Gasteiger partial charge in [-0.15, -0.1) is 0 Å². The van der Waals surface area contributed by atoms with E-state index in [1.807, 2.05) is 32.0 Å². The molecule has 1 N–H and O–H groups in total. The predicted molar refractivity (Wildman–Crippen MR) is 111 cm³/mol. The number of carbonyl (C=O) groups excluding carboxylic acids is 1. The molecule has 2 heterocycles. The molecule has 0 amide bonds. The topological polar surface area (TPSA) is 72.3 Å². The van der Waals surface area contributed by atoms with Crippen LogP contribution in [0.3, 0.4) is 0 Å². The van der Waals surface area contributed by atoms with Crippen molar-refractivity contribution in [3.63, 3.8) is 0 Å². The second kappa shape index (κ2) is 9.46. The van der Waals surface area contributed by atoms with Crippen LogP contribution in [0.5, 0.6) is 5.75 Å². The molecule has 0 aliphatic carbocycles. The van der Waals surface area contributed by atoms with Gasteiger partial charge >= 0.3 is 5.97 Å². The molecule has 0 spiro atoms. The Hall–Kier alpha value is -2.47. The average molecular weight is 431 g/mol. The van der Waals surface area contributed by atoms with Crippen molar-refractivity contribution in [2.24, 2.45) is 0 Å². The largest absolute Gasteiger partial charge is 0.505 e. The Morgan fingerprint density at radius 3 is 2.63 bits per heavy atom. The van der Waals surface area contributed by atoms with Crippen molar-refractivity contribution in [3.8, 4) is 17.0 Å². The molecule has 0 bridgehead atoms. The number of fused-ring (bicyclic) bond motifs is 1. The molecule has 2 aromatic heterocycles. The van der Waals surface area contributed by atoms with E-state index in [0.717, 1.165) is 24.1 Å². The highest BCUT2D eigenvalue weighted by molar-refractivity contribution is 9.10. The van der Waals surface area contributed by atoms with E-state index < -0.39 is 5.97 Å². The summed E-state index contributed by atoms with van der Waals surface area (Å²) in [4.78, 5) is 20.3. The van der Waals surface area contributed by atoms with Gasteiger partial charge in [-0.05, 0) is 40.0 Å². The monoisotopic (exact) mass is 430 g/mol. The second-order valence-electron chi connectivity index (χ2n) is 5.66. The maximum atomic E-state index is 11.7. The molecular formula is C21H23BrN2O3. The Morgan fingerprint density at radius 2 is 1.96 bits per heavy atom. The number of aryl methyl sites for hydroxylation is 1. The molecule has 0 radical (unpaired) electrons. The van der Waals surface area contributed by atoms with Crippen molar-refractivity contribution >= 4 is 32.7 Å². The van der Waals surface area contributed by atoms with E-state index in [1.165, 1.54) is 12.7 Å². The van der Waals surface area contributed by atoms with Gasteiger partial charge in [0.2, 0.25) is 0 Å². The molecule has 0 unspecified atom stereocenters. The fourth-order valence-electron chi connectivity index (χ4n) is 2.73. The zero-order valence-electron chi connectivity index (χ0n) is 15.9. The van der Waals surface area contributed by atoms with Crippen LogP contribution in [-0.2, 0) is 11.2 Å². The van der Waals surface area contributed by atoms with Gasteiger partial charge in [-0.3, -0.25) is 4.98 Å². The van der Waals surface area contributed by atoms with Crippen molar-refractivity contribution in [3.05, 3.63) is 52.4 Å². The van der Waals surface area contributed by atoms with Gasteiger partial charge in [0.15, 0.2) is 11.4 Å². The molecular weight excluding hydrogens is 408 g/mol. The predicted octanol–water partition coefficient (Wildman–Crippen LogP) is 5.53. The fourth-order valence-corrected chi connectivity index (χ4v) is 3.23. The lowest BCUT2D eigenvalue weighted by molar-refractivity contribution is 0.0590. The molecule has 0 atom stereocenters. The van der Waals surface area contributed by atoms with Gasteiger partial charge in [-0.25, -0.2) is 9.78 Å². The van der Waals surface area contributed by atoms with Gasteiger partial charge in [0.25, 0.3) is 0 Å². The summed E-state index contributed by atoms with van der Waals surface area (Å²) in [6.45, 7) is 6.14. The van der Waals surface area contributed by atoms with E-state index >= 15 is 0 Å². The maximum Gasteiger partial charge on any atom is 0.360 e. The third kappa shape index (κ3) is 4.45. The molecule has 0 fully saturated rings. The first kappa shape index (κ1) is 20.8. The Bertz CT molecular complexity index is 958. The minimum Gasteiger partial charge on any atom is -0.505 e. The lowest BCUT2D eigenvalue weighted by atomic mass is 10.0. The van der Waals surface area contributed by atoms with Crippen LogP contribution >= 0.6 is 15.9 Å². The second-order valence-corrected chi connectivity index (χ2v) is 6.41. The quantitative estimate of drug-likeness (QED) is 0.434. The summed E-state index contributed by atoms with van der Waals surface area (Å²) in [5.41, 5.74) is 2.89. The summed E-state index contributed by atoms with van der Waals surface area (Å²) in [5.74, 6) is -0.930. The van der Waals surface area contributed by atoms with Gasteiger partial charge in [0, 0.05) is 22.5 Å². The van der Waals surface area contributed by atoms with Crippen LogP contribution in [0.1, 0.15) is 43.2 Å². The molecule has 5 nitrogen and oxygen atoms in total. The fraction of sp³-hybridized carbons (Fsp3) is 0.286. The number of ether oxygens (including phenoxy) is 1. The van der Waals surface area contributed by atoms with E-state index in [1.54, 1.807) is 6.20 Å². The zero-order valence-corrected chi connectivity index (χ0v) is 17.5. The summed E-state index contributed by atoms with van der Waals surface area (Å²) >= 11 is 3.37. The van der Waals surface area contributed by atoms with E-state index in [2.05, 4.69) is 49.7 Å². The van der Waals surface area contributed by atoms with Crippen molar-refractivity contribution in [2.75, 3.05) is 7.11 Å². The Labute approximate surface area is 167 Å². The molecule has 0 saturated heterocycles. The first-order chi connectivity index (χ1) is 13.0. The molecule has 1 aromatic carbocycles. The number of aromatic hydroxyl groups is 1. The van der Waals surface area contributed by atoms with E-state index in [9.17, 15) is 9.90 Å². The van der Waals surface area contributed by atoms with Crippen molar-refractivity contribution in [2.45, 2.75) is 33.6 Å². The van der Waals surface area contributed by atoms with Crippen LogP contribution in [0, 0.1) is 0 Å². The average Bonchev–Trinajstić information content (AvgIpc) is 2.71. The van der Waals surface area contributed by atoms with Crippen molar-refractivity contribution in [1.82, 2.24) is 9.97 Å². The Balaban J connectivity index is 0.00000126. The third-order valence-electron chi connectivity index (χ3n) is 3.96. The van der Waals surface area contributed by atoms with E-state index in [4.69, 9.17) is 0 Å². The highest BCUT2D eigenvalue weighted by atomic mass is 79.9. The SMILES string of the molecule is CC.CCCc1cccc(-c2cc3c(Br)nc(C(=O)OC)c(O)c3cn2)c1. The number of benzene rings is 1. The number of aromatic nitrogens is 2. The number of halogens is 1. The summed E-state index contributed by atoms with van der Waals surface area (Å²) < 4.78 is 5.10. The van der Waals surface area contributed by atoms with Gasteiger partial charge in [0.05, 0.1) is 12.8 Å². The highest BCUT2D eigenvalue weighted by Gasteiger charge is 2.19. The van der Waals surface area contributed by atoms with Crippen LogP contribution in [0.2, 0.25) is 0 Å². The molecule has 0 aliphatic heterocycles. The lowest BCUT2D eigenvalue weighted by Gasteiger charge is -2.10. The zero-order chi connectivity index (χ0) is 20.0. The summed E-state index contributed by atoms with van der Waals surface area (Å²) in [6.07, 6.45) is 3.63. The van der Waals surface area contributed by atoms with Crippen LogP contribution in [0.4, 0.5) is 0 Å². The van der Waals surface area contributed by atoms with Gasteiger partial charge in [0.1, 0.15) is 4.60 Å². The molecule has 142 valence electrons. The van der Waals surface area contributed by atoms with Crippen LogP contribution < -0.4 is 0 Å². The normalized spacial score (nSPS) is 10.3. The molecule has 6 heteroatoms.